The van der Waals surface area contributed by atoms with E-state index in [0.717, 1.165) is 23.5 Å². The van der Waals surface area contributed by atoms with Gasteiger partial charge in [-0.25, -0.2) is 0 Å². The van der Waals surface area contributed by atoms with E-state index in [1.807, 2.05) is 18.2 Å². The number of carbonyl (C=O) groups is 1. The minimum Gasteiger partial charge on any atom is -0.387 e. The average Bonchev–Trinajstić information content (AvgIpc) is 2.85. The Morgan fingerprint density at radius 1 is 1.40 bits per heavy atom. The van der Waals surface area contributed by atoms with Crippen LogP contribution in [0.15, 0.2) is 30.3 Å². The Morgan fingerprint density at radius 3 is 2.70 bits per heavy atom. The number of benzene rings is 1. The van der Waals surface area contributed by atoms with E-state index in [0.29, 0.717) is 13.0 Å². The number of rotatable bonds is 5. The van der Waals surface area contributed by atoms with Crippen molar-refractivity contribution in [2.45, 2.75) is 37.7 Å². The molecule has 0 saturated carbocycles. The number of amides is 1. The van der Waals surface area contributed by atoms with Gasteiger partial charge >= 0.3 is 0 Å². The lowest BCUT2D eigenvalue weighted by atomic mass is 9.81. The van der Waals surface area contributed by atoms with Crippen LogP contribution in [0.25, 0.3) is 0 Å². The Bertz CT molecular complexity index is 453. The summed E-state index contributed by atoms with van der Waals surface area (Å²) in [6, 6.07) is 10.1. The topological polar surface area (TPSA) is 49.3 Å². The Kier molecular flexibility index (Phi) is 4.76. The molecule has 1 aliphatic heterocycles. The third kappa shape index (κ3) is 4.00. The molecule has 1 atom stereocenters. The third-order valence-corrected chi connectivity index (χ3v) is 5.09. The van der Waals surface area contributed by atoms with Crippen molar-refractivity contribution in [3.8, 4) is 0 Å². The van der Waals surface area contributed by atoms with Crippen molar-refractivity contribution in [1.82, 2.24) is 5.32 Å². The fourth-order valence-electron chi connectivity index (χ4n) is 2.45. The lowest BCUT2D eigenvalue weighted by Crippen LogP contribution is -2.44. The highest BCUT2D eigenvalue weighted by molar-refractivity contribution is 7.99. The van der Waals surface area contributed by atoms with Crippen LogP contribution in [-0.4, -0.2) is 34.7 Å². The predicted molar refractivity (Wildman–Crippen MR) is 84.0 cm³/mol. The van der Waals surface area contributed by atoms with Crippen LogP contribution in [0.4, 0.5) is 0 Å². The van der Waals surface area contributed by atoms with E-state index in [1.54, 1.807) is 11.8 Å². The first kappa shape index (κ1) is 15.4. The number of hydrogen-bond acceptors (Lipinski definition) is 3. The molecule has 1 amide bonds. The normalized spacial score (nSPS) is 22.8. The summed E-state index contributed by atoms with van der Waals surface area (Å²) in [6.45, 7) is 4.51. The van der Waals surface area contributed by atoms with Crippen LogP contribution < -0.4 is 5.32 Å². The van der Waals surface area contributed by atoms with Crippen LogP contribution in [0.2, 0.25) is 0 Å². The maximum atomic E-state index is 12.1. The van der Waals surface area contributed by atoms with Gasteiger partial charge in [-0.3, -0.25) is 4.79 Å². The van der Waals surface area contributed by atoms with E-state index in [9.17, 15) is 9.90 Å². The molecular weight excluding hydrogens is 270 g/mol. The van der Waals surface area contributed by atoms with E-state index < -0.39 is 5.60 Å². The zero-order chi connectivity index (χ0) is 14.6. The highest BCUT2D eigenvalue weighted by Gasteiger charge is 2.32. The molecule has 0 radical (unpaired) electrons. The monoisotopic (exact) mass is 293 g/mol. The summed E-state index contributed by atoms with van der Waals surface area (Å²) in [5.41, 5.74) is 0.251. The average molecular weight is 293 g/mol. The van der Waals surface area contributed by atoms with E-state index in [-0.39, 0.29) is 11.3 Å². The second-order valence-electron chi connectivity index (χ2n) is 6.23. The standard InChI is InChI=1S/C16H23NO2S/c1-15(2,13-6-4-3-5-7-13)10-14(18)17-11-16(19)8-9-20-12-16/h3-7,19H,8-12H2,1-2H3,(H,17,18)/t16-/m0/s1. The fraction of sp³-hybridized carbons (Fsp3) is 0.562. The Balaban J connectivity index is 1.87. The van der Waals surface area contributed by atoms with E-state index in [2.05, 4.69) is 31.3 Å². The maximum absolute atomic E-state index is 12.1. The van der Waals surface area contributed by atoms with Gasteiger partial charge in [0.05, 0.1) is 5.60 Å². The van der Waals surface area contributed by atoms with Gasteiger partial charge in [0.15, 0.2) is 0 Å². The zero-order valence-electron chi connectivity index (χ0n) is 12.2. The lowest BCUT2D eigenvalue weighted by molar-refractivity contribution is -0.123. The molecule has 2 rings (SSSR count). The highest BCUT2D eigenvalue weighted by Crippen LogP contribution is 2.28. The van der Waals surface area contributed by atoms with Crippen LogP contribution in [-0.2, 0) is 10.2 Å². The number of hydrogen-bond donors (Lipinski definition) is 2. The molecule has 1 fully saturated rings. The minimum atomic E-state index is -0.711. The van der Waals surface area contributed by atoms with Gasteiger partial charge in [0.25, 0.3) is 0 Å². The van der Waals surface area contributed by atoms with E-state index >= 15 is 0 Å². The molecule has 0 aromatic heterocycles. The van der Waals surface area contributed by atoms with Crippen molar-refractivity contribution in [2.75, 3.05) is 18.1 Å². The first-order chi connectivity index (χ1) is 9.41. The summed E-state index contributed by atoms with van der Waals surface area (Å²) < 4.78 is 0. The van der Waals surface area contributed by atoms with Crippen LogP contribution in [0.5, 0.6) is 0 Å². The molecule has 4 heteroatoms. The number of thioether (sulfide) groups is 1. The molecule has 1 saturated heterocycles. The summed E-state index contributed by atoms with van der Waals surface area (Å²) in [5, 5.41) is 13.1. The molecule has 0 unspecified atom stereocenters. The van der Waals surface area contributed by atoms with Crippen LogP contribution in [0, 0.1) is 0 Å². The van der Waals surface area contributed by atoms with Gasteiger partial charge < -0.3 is 10.4 Å². The van der Waals surface area contributed by atoms with Gasteiger partial charge in [-0.05, 0) is 23.2 Å². The summed E-state index contributed by atoms with van der Waals surface area (Å²) >= 11 is 1.74. The highest BCUT2D eigenvalue weighted by atomic mass is 32.2. The van der Waals surface area contributed by atoms with Gasteiger partial charge in [0.1, 0.15) is 0 Å². The quantitative estimate of drug-likeness (QED) is 0.876. The first-order valence-electron chi connectivity index (χ1n) is 7.04. The summed E-state index contributed by atoms with van der Waals surface area (Å²) in [4.78, 5) is 12.1. The van der Waals surface area contributed by atoms with Crippen molar-refractivity contribution in [3.05, 3.63) is 35.9 Å². The first-order valence-corrected chi connectivity index (χ1v) is 8.19. The molecule has 1 aliphatic rings. The van der Waals surface area contributed by atoms with Crippen molar-refractivity contribution in [1.29, 1.82) is 0 Å². The van der Waals surface area contributed by atoms with Gasteiger partial charge in [-0.2, -0.15) is 11.8 Å². The van der Waals surface area contributed by atoms with Gasteiger partial charge in [-0.15, -0.1) is 0 Å². The second-order valence-corrected chi connectivity index (χ2v) is 7.34. The van der Waals surface area contributed by atoms with Crippen molar-refractivity contribution in [2.24, 2.45) is 0 Å². The van der Waals surface area contributed by atoms with Crippen molar-refractivity contribution < 1.29 is 9.90 Å². The molecule has 1 aromatic rings. The third-order valence-electron chi connectivity index (χ3n) is 3.85. The molecule has 0 aliphatic carbocycles. The molecule has 1 heterocycles. The van der Waals surface area contributed by atoms with Gasteiger partial charge in [0.2, 0.25) is 5.91 Å². The van der Waals surface area contributed by atoms with E-state index in [1.165, 1.54) is 0 Å². The van der Waals surface area contributed by atoms with Crippen molar-refractivity contribution in [3.63, 3.8) is 0 Å². The van der Waals surface area contributed by atoms with Crippen LogP contribution in [0.3, 0.4) is 0 Å². The summed E-state index contributed by atoms with van der Waals surface area (Å²) in [6.07, 6.45) is 1.19. The smallest absolute Gasteiger partial charge is 0.220 e. The van der Waals surface area contributed by atoms with Crippen LogP contribution >= 0.6 is 11.8 Å². The molecule has 3 nitrogen and oxygen atoms in total. The predicted octanol–water partition coefficient (Wildman–Crippen LogP) is 2.34. The summed E-state index contributed by atoms with van der Waals surface area (Å²) in [5.74, 6) is 1.70. The maximum Gasteiger partial charge on any atom is 0.220 e. The molecule has 20 heavy (non-hydrogen) atoms. The molecular formula is C16H23NO2S. The molecule has 110 valence electrons. The Morgan fingerprint density at radius 2 is 2.10 bits per heavy atom. The second kappa shape index (κ2) is 6.19. The number of carbonyl (C=O) groups excluding carboxylic acids is 1. The number of nitrogens with one attached hydrogen (secondary N) is 1. The van der Waals surface area contributed by atoms with Crippen LogP contribution in [0.1, 0.15) is 32.3 Å². The largest absolute Gasteiger partial charge is 0.387 e. The fourth-order valence-corrected chi connectivity index (χ4v) is 3.75. The SMILES string of the molecule is CC(C)(CC(=O)NC[C@@]1(O)CCSC1)c1ccccc1. The Hall–Kier alpha value is -1.00. The molecule has 1 aromatic carbocycles. The zero-order valence-corrected chi connectivity index (χ0v) is 13.0. The molecule has 0 bridgehead atoms. The Labute approximate surface area is 125 Å². The molecule has 0 spiro atoms. The van der Waals surface area contributed by atoms with E-state index in [4.69, 9.17) is 0 Å². The van der Waals surface area contributed by atoms with Crippen molar-refractivity contribution >= 4 is 17.7 Å². The minimum absolute atomic E-state index is 0.00387. The summed E-state index contributed by atoms with van der Waals surface area (Å²) in [7, 11) is 0. The van der Waals surface area contributed by atoms with Gasteiger partial charge in [0, 0.05) is 18.7 Å². The molecule has 2 N–H and O–H groups in total. The number of aliphatic hydroxyl groups is 1. The lowest BCUT2D eigenvalue weighted by Gasteiger charge is -2.26. The van der Waals surface area contributed by atoms with Gasteiger partial charge in [-0.1, -0.05) is 44.2 Å².